The largest absolute Gasteiger partial charge is 0.307 e. The molecular formula is C21H20Cl2N4. The molecule has 0 N–H and O–H groups in total. The van der Waals surface area contributed by atoms with Gasteiger partial charge in [-0.3, -0.25) is 0 Å². The number of benzene rings is 2. The van der Waals surface area contributed by atoms with Crippen molar-refractivity contribution in [3.05, 3.63) is 52.5 Å². The van der Waals surface area contributed by atoms with E-state index in [9.17, 15) is 0 Å². The Bertz CT molecular complexity index is 1100. The Balaban J connectivity index is 1.88. The highest BCUT2D eigenvalue weighted by Gasteiger charge is 2.18. The number of halogens is 2. The van der Waals surface area contributed by atoms with Gasteiger partial charge in [-0.25, -0.2) is 15.0 Å². The van der Waals surface area contributed by atoms with Crippen LogP contribution in [0, 0.1) is 0 Å². The number of nitrogens with zero attached hydrogens (tertiary/aromatic N) is 4. The van der Waals surface area contributed by atoms with Gasteiger partial charge in [-0.15, -0.1) is 0 Å². The lowest BCUT2D eigenvalue weighted by molar-refractivity contribution is 0.592. The quantitative estimate of drug-likeness (QED) is 0.346. The van der Waals surface area contributed by atoms with Crippen molar-refractivity contribution in [3.8, 4) is 11.4 Å². The summed E-state index contributed by atoms with van der Waals surface area (Å²) in [5.74, 6) is 0.790. The highest BCUT2D eigenvalue weighted by Crippen LogP contribution is 2.32. The van der Waals surface area contributed by atoms with Gasteiger partial charge in [0.1, 0.15) is 5.82 Å². The van der Waals surface area contributed by atoms with E-state index in [1.165, 1.54) is 19.3 Å². The minimum atomic E-state index is 0.581. The molecule has 0 radical (unpaired) electrons. The molecular weight excluding hydrogens is 379 g/mol. The van der Waals surface area contributed by atoms with Crippen molar-refractivity contribution in [2.75, 3.05) is 0 Å². The van der Waals surface area contributed by atoms with Gasteiger partial charge in [-0.2, -0.15) is 0 Å². The van der Waals surface area contributed by atoms with Crippen molar-refractivity contribution < 1.29 is 0 Å². The number of hydrogen-bond donors (Lipinski definition) is 0. The molecule has 0 aliphatic heterocycles. The normalized spacial score (nSPS) is 11.5. The van der Waals surface area contributed by atoms with Crippen LogP contribution >= 0.6 is 23.2 Å². The zero-order valence-electron chi connectivity index (χ0n) is 15.1. The molecule has 0 saturated carbocycles. The highest BCUT2D eigenvalue weighted by molar-refractivity contribution is 6.36. The Morgan fingerprint density at radius 3 is 2.41 bits per heavy atom. The van der Waals surface area contributed by atoms with E-state index in [0.29, 0.717) is 15.7 Å². The van der Waals surface area contributed by atoms with Crippen LogP contribution in [0.15, 0.2) is 42.5 Å². The number of hydrogen-bond acceptors (Lipinski definition) is 3. The standard InChI is InChI=1S/C21H20Cl2N4/c1-2-3-4-7-12-27-20(15-11-10-14(22)13-16(15)23)26-19-21(27)25-18-9-6-5-8-17(18)24-19/h5-6,8-11,13H,2-4,7,12H2,1H3. The molecule has 0 atom stereocenters. The van der Waals surface area contributed by atoms with Gasteiger partial charge in [0, 0.05) is 17.1 Å². The molecule has 0 aliphatic carbocycles. The molecule has 138 valence electrons. The van der Waals surface area contributed by atoms with Crippen LogP contribution < -0.4 is 0 Å². The van der Waals surface area contributed by atoms with E-state index in [2.05, 4.69) is 11.5 Å². The summed E-state index contributed by atoms with van der Waals surface area (Å²) in [5.41, 5.74) is 4.00. The third-order valence-corrected chi connectivity index (χ3v) is 5.21. The summed E-state index contributed by atoms with van der Waals surface area (Å²) in [5, 5.41) is 1.19. The number of unbranched alkanes of at least 4 members (excludes halogenated alkanes) is 3. The third kappa shape index (κ3) is 3.64. The van der Waals surface area contributed by atoms with Gasteiger partial charge in [0.2, 0.25) is 0 Å². The third-order valence-electron chi connectivity index (χ3n) is 4.66. The van der Waals surface area contributed by atoms with E-state index in [1.807, 2.05) is 36.4 Å². The van der Waals surface area contributed by atoms with Crippen LogP contribution in [0.5, 0.6) is 0 Å². The fourth-order valence-corrected chi connectivity index (χ4v) is 3.78. The van der Waals surface area contributed by atoms with Gasteiger partial charge in [-0.1, -0.05) is 61.5 Å². The summed E-state index contributed by atoms with van der Waals surface area (Å²) in [4.78, 5) is 14.3. The maximum absolute atomic E-state index is 6.47. The number of aryl methyl sites for hydroxylation is 1. The van der Waals surface area contributed by atoms with Crippen LogP contribution in [-0.4, -0.2) is 19.5 Å². The van der Waals surface area contributed by atoms with E-state index < -0.39 is 0 Å². The van der Waals surface area contributed by atoms with E-state index in [1.54, 1.807) is 6.07 Å². The van der Waals surface area contributed by atoms with E-state index in [4.69, 9.17) is 38.2 Å². The van der Waals surface area contributed by atoms with Crippen molar-refractivity contribution in [2.45, 2.75) is 39.2 Å². The number of para-hydroxylation sites is 2. The lowest BCUT2D eigenvalue weighted by Gasteiger charge is -2.10. The van der Waals surface area contributed by atoms with Crippen LogP contribution in [0.4, 0.5) is 0 Å². The Labute approximate surface area is 168 Å². The van der Waals surface area contributed by atoms with Crippen LogP contribution in [0.1, 0.15) is 32.6 Å². The summed E-state index contributed by atoms with van der Waals surface area (Å²) >= 11 is 12.5. The van der Waals surface area contributed by atoms with Crippen molar-refractivity contribution in [1.82, 2.24) is 19.5 Å². The summed E-state index contributed by atoms with van der Waals surface area (Å²) in [7, 11) is 0. The smallest absolute Gasteiger partial charge is 0.198 e. The van der Waals surface area contributed by atoms with Crippen LogP contribution in [0.25, 0.3) is 33.7 Å². The lowest BCUT2D eigenvalue weighted by atomic mass is 10.2. The Hall–Kier alpha value is -2.17. The fourth-order valence-electron chi connectivity index (χ4n) is 3.28. The number of rotatable bonds is 6. The topological polar surface area (TPSA) is 43.6 Å². The molecule has 2 heterocycles. The maximum Gasteiger partial charge on any atom is 0.198 e. The molecule has 2 aromatic heterocycles. The molecule has 0 spiro atoms. The predicted molar refractivity (Wildman–Crippen MR) is 112 cm³/mol. The van der Waals surface area contributed by atoms with Crippen molar-refractivity contribution in [3.63, 3.8) is 0 Å². The first-order valence-electron chi connectivity index (χ1n) is 9.26. The second-order valence-corrected chi connectivity index (χ2v) is 7.48. The van der Waals surface area contributed by atoms with Crippen molar-refractivity contribution in [2.24, 2.45) is 0 Å². The van der Waals surface area contributed by atoms with E-state index >= 15 is 0 Å². The lowest BCUT2D eigenvalue weighted by Crippen LogP contribution is -2.03. The molecule has 4 nitrogen and oxygen atoms in total. The SMILES string of the molecule is CCCCCCn1c(-c2ccc(Cl)cc2Cl)nc2nc3ccccc3nc21. The average Bonchev–Trinajstić information content (AvgIpc) is 3.00. The molecule has 4 rings (SSSR count). The fraction of sp³-hybridized carbons (Fsp3) is 0.286. The first-order valence-corrected chi connectivity index (χ1v) is 10.0. The summed E-state index contributed by atoms with van der Waals surface area (Å²) < 4.78 is 2.14. The Kier molecular flexibility index (Phi) is 5.28. The molecule has 0 aliphatic rings. The first-order chi connectivity index (χ1) is 13.2. The zero-order valence-corrected chi connectivity index (χ0v) is 16.6. The summed E-state index contributed by atoms with van der Waals surface area (Å²) in [6.45, 7) is 3.04. The first kappa shape index (κ1) is 18.2. The second kappa shape index (κ2) is 7.83. The van der Waals surface area contributed by atoms with E-state index in [0.717, 1.165) is 41.0 Å². The zero-order chi connectivity index (χ0) is 18.8. The average molecular weight is 399 g/mol. The van der Waals surface area contributed by atoms with Crippen molar-refractivity contribution >= 4 is 45.5 Å². The molecule has 0 amide bonds. The van der Waals surface area contributed by atoms with Gasteiger partial charge in [0.25, 0.3) is 0 Å². The molecule has 0 bridgehead atoms. The minimum absolute atomic E-state index is 0.581. The predicted octanol–water partition coefficient (Wildman–Crippen LogP) is 6.53. The molecule has 0 fully saturated rings. The van der Waals surface area contributed by atoms with Crippen LogP contribution in [0.3, 0.4) is 0 Å². The maximum atomic E-state index is 6.47. The molecule has 27 heavy (non-hydrogen) atoms. The minimum Gasteiger partial charge on any atom is -0.307 e. The monoisotopic (exact) mass is 398 g/mol. The highest BCUT2D eigenvalue weighted by atomic mass is 35.5. The van der Waals surface area contributed by atoms with E-state index in [-0.39, 0.29) is 0 Å². The van der Waals surface area contributed by atoms with Gasteiger partial charge >= 0.3 is 0 Å². The second-order valence-electron chi connectivity index (χ2n) is 6.63. The van der Waals surface area contributed by atoms with Crippen molar-refractivity contribution in [1.29, 1.82) is 0 Å². The van der Waals surface area contributed by atoms with Gasteiger partial charge in [-0.05, 0) is 36.8 Å². The molecule has 0 saturated heterocycles. The number of imidazole rings is 1. The van der Waals surface area contributed by atoms with Gasteiger partial charge in [0.05, 0.1) is 16.1 Å². The van der Waals surface area contributed by atoms with Gasteiger partial charge < -0.3 is 4.57 Å². The Morgan fingerprint density at radius 1 is 0.889 bits per heavy atom. The Morgan fingerprint density at radius 2 is 1.67 bits per heavy atom. The number of fused-ring (bicyclic) bond motifs is 2. The molecule has 2 aromatic carbocycles. The number of aromatic nitrogens is 4. The summed E-state index contributed by atoms with van der Waals surface area (Å²) in [6.07, 6.45) is 4.65. The molecule has 4 aromatic rings. The summed E-state index contributed by atoms with van der Waals surface area (Å²) in [6, 6.07) is 13.4. The van der Waals surface area contributed by atoms with Crippen LogP contribution in [-0.2, 0) is 6.54 Å². The van der Waals surface area contributed by atoms with Crippen LogP contribution in [0.2, 0.25) is 10.0 Å². The molecule has 0 unspecified atom stereocenters. The van der Waals surface area contributed by atoms with Gasteiger partial charge in [0.15, 0.2) is 11.3 Å². The molecule has 6 heteroatoms.